The first-order valence-corrected chi connectivity index (χ1v) is 5.03. The molecule has 0 aliphatic rings. The van der Waals surface area contributed by atoms with Crippen LogP contribution in [0.2, 0.25) is 0 Å². The van der Waals surface area contributed by atoms with E-state index in [1.807, 2.05) is 14.0 Å². The topological polar surface area (TPSA) is 40.5 Å². The van der Waals surface area contributed by atoms with E-state index in [4.69, 9.17) is 5.11 Å². The lowest BCUT2D eigenvalue weighted by molar-refractivity contribution is -0.142. The average molecular weight is 187 g/mol. The van der Waals surface area contributed by atoms with Crippen LogP contribution >= 0.6 is 0 Å². The summed E-state index contributed by atoms with van der Waals surface area (Å²) in [5.41, 5.74) is 0. The Balaban J connectivity index is 3.65. The SMILES string of the molecule is CCCN(C)CCC(CC)C(=O)O. The lowest BCUT2D eigenvalue weighted by atomic mass is 10.0. The standard InChI is InChI=1S/C10H21NO2/c1-4-7-11(3)8-6-9(5-2)10(12)13/h9H,4-8H2,1-3H3,(H,12,13). The number of nitrogens with zero attached hydrogens (tertiary/aromatic N) is 1. The van der Waals surface area contributed by atoms with Crippen molar-refractivity contribution in [1.29, 1.82) is 0 Å². The van der Waals surface area contributed by atoms with Gasteiger partial charge in [-0.3, -0.25) is 4.79 Å². The van der Waals surface area contributed by atoms with Crippen molar-refractivity contribution < 1.29 is 9.90 Å². The van der Waals surface area contributed by atoms with Crippen molar-refractivity contribution in [2.24, 2.45) is 5.92 Å². The van der Waals surface area contributed by atoms with E-state index in [2.05, 4.69) is 11.8 Å². The molecular weight excluding hydrogens is 166 g/mol. The van der Waals surface area contributed by atoms with E-state index in [0.717, 1.165) is 32.4 Å². The second-order valence-corrected chi connectivity index (χ2v) is 3.54. The summed E-state index contributed by atoms with van der Waals surface area (Å²) >= 11 is 0. The van der Waals surface area contributed by atoms with Gasteiger partial charge in [-0.05, 0) is 39.4 Å². The van der Waals surface area contributed by atoms with Crippen molar-refractivity contribution in [3.8, 4) is 0 Å². The smallest absolute Gasteiger partial charge is 0.306 e. The second kappa shape index (κ2) is 6.89. The molecule has 0 fully saturated rings. The first kappa shape index (κ1) is 12.4. The molecule has 1 atom stereocenters. The van der Waals surface area contributed by atoms with Crippen LogP contribution in [0.15, 0.2) is 0 Å². The highest BCUT2D eigenvalue weighted by Gasteiger charge is 2.14. The van der Waals surface area contributed by atoms with Crippen LogP contribution in [-0.4, -0.2) is 36.1 Å². The molecule has 3 nitrogen and oxygen atoms in total. The van der Waals surface area contributed by atoms with Crippen LogP contribution in [0.1, 0.15) is 33.1 Å². The molecule has 0 aromatic heterocycles. The zero-order valence-electron chi connectivity index (χ0n) is 8.92. The van der Waals surface area contributed by atoms with Crippen molar-refractivity contribution in [2.75, 3.05) is 20.1 Å². The van der Waals surface area contributed by atoms with E-state index in [1.54, 1.807) is 0 Å². The number of hydrogen-bond donors (Lipinski definition) is 1. The molecule has 1 N–H and O–H groups in total. The zero-order valence-corrected chi connectivity index (χ0v) is 8.92. The average Bonchev–Trinajstić information content (AvgIpc) is 2.05. The lowest BCUT2D eigenvalue weighted by Crippen LogP contribution is -2.24. The molecule has 0 amide bonds. The van der Waals surface area contributed by atoms with E-state index in [9.17, 15) is 4.79 Å². The Morgan fingerprint density at radius 3 is 2.38 bits per heavy atom. The van der Waals surface area contributed by atoms with E-state index < -0.39 is 5.97 Å². The van der Waals surface area contributed by atoms with Gasteiger partial charge in [0.15, 0.2) is 0 Å². The quantitative estimate of drug-likeness (QED) is 0.661. The second-order valence-electron chi connectivity index (χ2n) is 3.54. The van der Waals surface area contributed by atoms with Crippen molar-refractivity contribution in [2.45, 2.75) is 33.1 Å². The number of aliphatic carboxylic acids is 1. The van der Waals surface area contributed by atoms with Crippen LogP contribution in [0.5, 0.6) is 0 Å². The van der Waals surface area contributed by atoms with Crippen molar-refractivity contribution in [3.05, 3.63) is 0 Å². The molecule has 78 valence electrons. The molecule has 0 aliphatic heterocycles. The van der Waals surface area contributed by atoms with Crippen LogP contribution < -0.4 is 0 Å². The van der Waals surface area contributed by atoms with Gasteiger partial charge in [0, 0.05) is 0 Å². The first-order chi connectivity index (χ1) is 6.11. The summed E-state index contributed by atoms with van der Waals surface area (Å²) in [7, 11) is 2.04. The number of carboxylic acids is 1. The van der Waals surface area contributed by atoms with E-state index >= 15 is 0 Å². The van der Waals surface area contributed by atoms with Crippen LogP contribution in [-0.2, 0) is 4.79 Å². The van der Waals surface area contributed by atoms with Crippen molar-refractivity contribution in [1.82, 2.24) is 4.90 Å². The molecule has 0 saturated heterocycles. The van der Waals surface area contributed by atoms with E-state index in [1.165, 1.54) is 0 Å². The molecule has 0 aromatic carbocycles. The summed E-state index contributed by atoms with van der Waals surface area (Å²) in [5.74, 6) is -0.827. The molecule has 0 spiro atoms. The van der Waals surface area contributed by atoms with Crippen LogP contribution in [0.4, 0.5) is 0 Å². The molecule has 0 rings (SSSR count). The normalized spacial score (nSPS) is 13.2. The van der Waals surface area contributed by atoms with Gasteiger partial charge in [-0.15, -0.1) is 0 Å². The van der Waals surface area contributed by atoms with Gasteiger partial charge in [-0.25, -0.2) is 0 Å². The molecule has 13 heavy (non-hydrogen) atoms. The van der Waals surface area contributed by atoms with Crippen molar-refractivity contribution >= 4 is 5.97 Å². The minimum Gasteiger partial charge on any atom is -0.481 e. The monoisotopic (exact) mass is 187 g/mol. The minimum absolute atomic E-state index is 0.167. The predicted molar refractivity (Wildman–Crippen MR) is 53.8 cm³/mol. The highest BCUT2D eigenvalue weighted by Crippen LogP contribution is 2.08. The number of carbonyl (C=O) groups is 1. The van der Waals surface area contributed by atoms with E-state index in [0.29, 0.717) is 0 Å². The van der Waals surface area contributed by atoms with Gasteiger partial charge in [-0.2, -0.15) is 0 Å². The summed E-state index contributed by atoms with van der Waals surface area (Å²) < 4.78 is 0. The van der Waals surface area contributed by atoms with Gasteiger partial charge in [0.05, 0.1) is 5.92 Å². The zero-order chi connectivity index (χ0) is 10.3. The lowest BCUT2D eigenvalue weighted by Gasteiger charge is -2.17. The molecule has 0 aliphatic carbocycles. The Morgan fingerprint density at radius 2 is 2.00 bits per heavy atom. The largest absolute Gasteiger partial charge is 0.481 e. The molecule has 0 heterocycles. The third-order valence-corrected chi connectivity index (χ3v) is 2.31. The fourth-order valence-electron chi connectivity index (χ4n) is 1.37. The molecule has 0 saturated carbocycles. The maximum absolute atomic E-state index is 10.7. The van der Waals surface area contributed by atoms with Crippen LogP contribution in [0.3, 0.4) is 0 Å². The Kier molecular flexibility index (Phi) is 6.59. The maximum Gasteiger partial charge on any atom is 0.306 e. The van der Waals surface area contributed by atoms with Gasteiger partial charge < -0.3 is 10.0 Å². The highest BCUT2D eigenvalue weighted by molar-refractivity contribution is 5.69. The van der Waals surface area contributed by atoms with Crippen LogP contribution in [0, 0.1) is 5.92 Å². The van der Waals surface area contributed by atoms with Gasteiger partial charge in [0.1, 0.15) is 0 Å². The predicted octanol–water partition coefficient (Wildman–Crippen LogP) is 1.83. The maximum atomic E-state index is 10.7. The number of hydrogen-bond acceptors (Lipinski definition) is 2. The summed E-state index contributed by atoms with van der Waals surface area (Å²) in [6.07, 6.45) is 2.62. The Morgan fingerprint density at radius 1 is 1.38 bits per heavy atom. The highest BCUT2D eigenvalue weighted by atomic mass is 16.4. The summed E-state index contributed by atoms with van der Waals surface area (Å²) in [6, 6.07) is 0. The third-order valence-electron chi connectivity index (χ3n) is 2.31. The molecule has 0 radical (unpaired) electrons. The van der Waals surface area contributed by atoms with E-state index in [-0.39, 0.29) is 5.92 Å². The Bertz CT molecular complexity index is 148. The molecule has 3 heteroatoms. The van der Waals surface area contributed by atoms with Gasteiger partial charge in [0.25, 0.3) is 0 Å². The molecule has 0 bridgehead atoms. The fourth-order valence-corrected chi connectivity index (χ4v) is 1.37. The minimum atomic E-state index is -0.660. The van der Waals surface area contributed by atoms with Gasteiger partial charge in [-0.1, -0.05) is 13.8 Å². The fraction of sp³-hybridized carbons (Fsp3) is 0.900. The molecular formula is C10H21NO2. The van der Waals surface area contributed by atoms with Crippen LogP contribution in [0.25, 0.3) is 0 Å². The van der Waals surface area contributed by atoms with Gasteiger partial charge in [0.2, 0.25) is 0 Å². The Hall–Kier alpha value is -0.570. The summed E-state index contributed by atoms with van der Waals surface area (Å²) in [5, 5.41) is 8.80. The van der Waals surface area contributed by atoms with Gasteiger partial charge >= 0.3 is 5.97 Å². The van der Waals surface area contributed by atoms with Crippen molar-refractivity contribution in [3.63, 3.8) is 0 Å². The third kappa shape index (κ3) is 5.64. The summed E-state index contributed by atoms with van der Waals surface area (Å²) in [6.45, 7) is 6.00. The summed E-state index contributed by atoms with van der Waals surface area (Å²) in [4.78, 5) is 12.9. The first-order valence-electron chi connectivity index (χ1n) is 5.03. The Labute approximate surface area is 80.7 Å². The molecule has 1 unspecified atom stereocenters. The number of rotatable bonds is 7. The number of carboxylic acid groups (broad SMARTS) is 1. The molecule has 0 aromatic rings.